The minimum absolute atomic E-state index is 0.113. The Kier molecular flexibility index (Phi) is 4.76. The maximum atomic E-state index is 11.7. The molecule has 0 spiro atoms. The summed E-state index contributed by atoms with van der Waals surface area (Å²) in [6.07, 6.45) is 1.37. The number of nitrogens with one attached hydrogen (secondary N) is 2. The van der Waals surface area contributed by atoms with Gasteiger partial charge in [0.15, 0.2) is 5.69 Å². The van der Waals surface area contributed by atoms with Gasteiger partial charge in [0.2, 0.25) is 0 Å². The molecule has 0 saturated carbocycles. The Balaban J connectivity index is 2.09. The van der Waals surface area contributed by atoms with Crippen molar-refractivity contribution in [1.29, 1.82) is 0 Å². The van der Waals surface area contributed by atoms with E-state index in [1.165, 1.54) is 6.21 Å². The normalized spacial score (nSPS) is 10.9. The number of carbonyl (C=O) groups is 1. The van der Waals surface area contributed by atoms with Gasteiger partial charge in [-0.25, -0.2) is 5.43 Å². The number of amides is 1. The molecule has 0 aliphatic rings. The van der Waals surface area contributed by atoms with Gasteiger partial charge in [-0.15, -0.1) is 0 Å². The first-order chi connectivity index (χ1) is 9.47. The molecule has 1 amide bonds. The van der Waals surface area contributed by atoms with Gasteiger partial charge in [0.25, 0.3) is 5.91 Å². The van der Waals surface area contributed by atoms with Crippen molar-refractivity contribution in [2.24, 2.45) is 5.10 Å². The van der Waals surface area contributed by atoms with Gasteiger partial charge in [-0.1, -0.05) is 15.9 Å². The number of rotatable bonds is 3. The lowest BCUT2D eigenvalue weighted by atomic mass is 10.2. The molecule has 1 aromatic carbocycles. The molecular formula is C12H10BrIN4O2. The summed E-state index contributed by atoms with van der Waals surface area (Å²) >= 11 is 5.34. The van der Waals surface area contributed by atoms with Gasteiger partial charge in [-0.3, -0.25) is 9.89 Å². The number of H-pyrrole nitrogens is 1. The number of hydrogen-bond acceptors (Lipinski definition) is 4. The van der Waals surface area contributed by atoms with Crippen LogP contribution in [0.4, 0.5) is 0 Å². The fourth-order valence-corrected chi connectivity index (χ4v) is 2.99. The van der Waals surface area contributed by atoms with Crippen LogP contribution >= 0.6 is 38.5 Å². The van der Waals surface area contributed by atoms with E-state index in [0.29, 0.717) is 9.13 Å². The number of nitrogens with zero attached hydrogens (tertiary/aromatic N) is 2. The monoisotopic (exact) mass is 448 g/mol. The van der Waals surface area contributed by atoms with Crippen molar-refractivity contribution in [3.05, 3.63) is 43.2 Å². The van der Waals surface area contributed by atoms with Gasteiger partial charge in [0.05, 0.1) is 9.78 Å². The lowest BCUT2D eigenvalue weighted by Crippen LogP contribution is -2.18. The SMILES string of the molecule is Cc1cc(C(=O)N/N=C/c2cc(Br)cc(I)c2O)n[nH]1. The van der Waals surface area contributed by atoms with E-state index < -0.39 is 5.91 Å². The van der Waals surface area contributed by atoms with Crippen LogP contribution < -0.4 is 5.43 Å². The number of aromatic nitrogens is 2. The topological polar surface area (TPSA) is 90.4 Å². The highest BCUT2D eigenvalue weighted by atomic mass is 127. The predicted molar refractivity (Wildman–Crippen MR) is 86.9 cm³/mol. The first-order valence-electron chi connectivity index (χ1n) is 5.51. The highest BCUT2D eigenvalue weighted by molar-refractivity contribution is 14.1. The third-order valence-corrected chi connectivity index (χ3v) is 3.65. The molecule has 0 bridgehead atoms. The van der Waals surface area contributed by atoms with Crippen molar-refractivity contribution in [1.82, 2.24) is 15.6 Å². The fraction of sp³-hybridized carbons (Fsp3) is 0.0833. The number of hydrogen-bond donors (Lipinski definition) is 3. The van der Waals surface area contributed by atoms with Crippen molar-refractivity contribution in [3.63, 3.8) is 0 Å². The van der Waals surface area contributed by atoms with Crippen LogP contribution in [-0.2, 0) is 0 Å². The van der Waals surface area contributed by atoms with Gasteiger partial charge in [0, 0.05) is 15.7 Å². The summed E-state index contributed by atoms with van der Waals surface area (Å²) in [7, 11) is 0. The molecular weight excluding hydrogens is 439 g/mol. The molecule has 20 heavy (non-hydrogen) atoms. The number of aryl methyl sites for hydroxylation is 1. The zero-order valence-corrected chi connectivity index (χ0v) is 14.1. The highest BCUT2D eigenvalue weighted by Gasteiger charge is 2.08. The first-order valence-corrected chi connectivity index (χ1v) is 7.38. The Bertz CT molecular complexity index is 684. The third kappa shape index (κ3) is 3.57. The summed E-state index contributed by atoms with van der Waals surface area (Å²) in [6.45, 7) is 1.80. The number of aromatic amines is 1. The van der Waals surface area contributed by atoms with Crippen LogP contribution in [0.5, 0.6) is 5.75 Å². The zero-order chi connectivity index (χ0) is 14.7. The fourth-order valence-electron chi connectivity index (χ4n) is 1.44. The molecule has 1 aromatic heterocycles. The Morgan fingerprint density at radius 3 is 2.95 bits per heavy atom. The standard InChI is InChI=1S/C12H10BrIN4O2/c1-6-2-10(17-16-6)12(20)18-15-5-7-3-8(13)4-9(14)11(7)19/h2-5,19H,1H3,(H,16,17)(H,18,20)/b15-5+. The first kappa shape index (κ1) is 15.0. The molecule has 0 fully saturated rings. The van der Waals surface area contributed by atoms with Gasteiger partial charge in [-0.05, 0) is 47.7 Å². The van der Waals surface area contributed by atoms with E-state index in [1.807, 2.05) is 22.6 Å². The summed E-state index contributed by atoms with van der Waals surface area (Å²) in [4.78, 5) is 11.7. The van der Waals surface area contributed by atoms with Crippen molar-refractivity contribution in [2.45, 2.75) is 6.92 Å². The molecule has 2 aromatic rings. The lowest BCUT2D eigenvalue weighted by molar-refractivity contribution is 0.0950. The largest absolute Gasteiger partial charge is 0.506 e. The smallest absolute Gasteiger partial charge is 0.291 e. The molecule has 6 nitrogen and oxygen atoms in total. The molecule has 0 atom stereocenters. The highest BCUT2D eigenvalue weighted by Crippen LogP contribution is 2.27. The molecule has 0 unspecified atom stereocenters. The molecule has 3 N–H and O–H groups in total. The van der Waals surface area contributed by atoms with Gasteiger partial charge < -0.3 is 5.11 Å². The van der Waals surface area contributed by atoms with Gasteiger partial charge in [-0.2, -0.15) is 10.2 Å². The number of phenolic OH excluding ortho intramolecular Hbond substituents is 1. The average Bonchev–Trinajstić information content (AvgIpc) is 2.81. The lowest BCUT2D eigenvalue weighted by Gasteiger charge is -2.02. The van der Waals surface area contributed by atoms with E-state index in [-0.39, 0.29) is 11.4 Å². The second-order valence-electron chi connectivity index (χ2n) is 3.96. The summed E-state index contributed by atoms with van der Waals surface area (Å²) in [6, 6.07) is 5.09. The average molecular weight is 449 g/mol. The predicted octanol–water partition coefficient (Wildman–Crippen LogP) is 2.55. The van der Waals surface area contributed by atoms with Crippen LogP contribution in [0, 0.1) is 10.5 Å². The maximum absolute atomic E-state index is 11.7. The van der Waals surface area contributed by atoms with Crippen LogP contribution in [0.15, 0.2) is 27.8 Å². The summed E-state index contributed by atoms with van der Waals surface area (Å²) in [5.74, 6) is -0.308. The minimum Gasteiger partial charge on any atom is -0.506 e. The third-order valence-electron chi connectivity index (χ3n) is 2.37. The van der Waals surface area contributed by atoms with Gasteiger partial charge in [0.1, 0.15) is 5.75 Å². The quantitative estimate of drug-likeness (QED) is 0.383. The summed E-state index contributed by atoms with van der Waals surface area (Å²) in [5, 5.41) is 20.2. The van der Waals surface area contributed by atoms with Crippen molar-refractivity contribution < 1.29 is 9.90 Å². The molecule has 0 aliphatic carbocycles. The van der Waals surface area contributed by atoms with Crippen molar-refractivity contribution in [3.8, 4) is 5.75 Å². The Hall–Kier alpha value is -1.42. The van der Waals surface area contributed by atoms with E-state index in [4.69, 9.17) is 0 Å². The van der Waals surface area contributed by atoms with E-state index in [1.54, 1.807) is 25.1 Å². The van der Waals surface area contributed by atoms with Crippen molar-refractivity contribution >= 4 is 50.6 Å². The number of halogens is 2. The molecule has 1 heterocycles. The summed E-state index contributed by atoms with van der Waals surface area (Å²) in [5.41, 5.74) is 3.90. The molecule has 0 radical (unpaired) electrons. The molecule has 8 heteroatoms. The molecule has 2 rings (SSSR count). The summed E-state index contributed by atoms with van der Waals surface area (Å²) < 4.78 is 1.50. The number of carbonyl (C=O) groups excluding carboxylic acids is 1. The van der Waals surface area contributed by atoms with Crippen LogP contribution in [0.25, 0.3) is 0 Å². The van der Waals surface area contributed by atoms with E-state index >= 15 is 0 Å². The Labute approximate surface area is 136 Å². The number of phenols is 1. The Morgan fingerprint density at radius 1 is 1.55 bits per heavy atom. The molecule has 104 valence electrons. The van der Waals surface area contributed by atoms with Crippen LogP contribution in [-0.4, -0.2) is 27.4 Å². The van der Waals surface area contributed by atoms with E-state index in [0.717, 1.165) is 10.2 Å². The zero-order valence-electron chi connectivity index (χ0n) is 10.3. The van der Waals surface area contributed by atoms with E-state index in [9.17, 15) is 9.90 Å². The van der Waals surface area contributed by atoms with Crippen molar-refractivity contribution in [2.75, 3.05) is 0 Å². The van der Waals surface area contributed by atoms with Gasteiger partial charge >= 0.3 is 0 Å². The van der Waals surface area contributed by atoms with Crippen LogP contribution in [0.2, 0.25) is 0 Å². The number of benzene rings is 1. The Morgan fingerprint density at radius 2 is 2.30 bits per heavy atom. The van der Waals surface area contributed by atoms with Crippen LogP contribution in [0.1, 0.15) is 21.7 Å². The van der Waals surface area contributed by atoms with E-state index in [2.05, 4.69) is 36.7 Å². The minimum atomic E-state index is -0.421. The maximum Gasteiger partial charge on any atom is 0.291 e. The second kappa shape index (κ2) is 6.35. The number of hydrazone groups is 1. The number of aromatic hydroxyl groups is 1. The molecule has 0 aliphatic heterocycles. The van der Waals surface area contributed by atoms with Crippen LogP contribution in [0.3, 0.4) is 0 Å². The molecule has 0 saturated heterocycles. The second-order valence-corrected chi connectivity index (χ2v) is 6.04.